The van der Waals surface area contributed by atoms with Crippen molar-refractivity contribution in [1.29, 1.82) is 0 Å². The number of hydrogen-bond acceptors (Lipinski definition) is 4. The zero-order valence-electron chi connectivity index (χ0n) is 11.3. The molecule has 1 saturated heterocycles. The summed E-state index contributed by atoms with van der Waals surface area (Å²) >= 11 is 0. The van der Waals surface area contributed by atoms with Crippen molar-refractivity contribution in [3.8, 4) is 0 Å². The van der Waals surface area contributed by atoms with Crippen LogP contribution in [0.5, 0.6) is 0 Å². The van der Waals surface area contributed by atoms with Crippen LogP contribution in [0.1, 0.15) is 12.5 Å². The van der Waals surface area contributed by atoms with Crippen molar-refractivity contribution in [3.05, 3.63) is 29.8 Å². The summed E-state index contributed by atoms with van der Waals surface area (Å²) < 4.78 is 5.36. The maximum atomic E-state index is 11.5. The lowest BCUT2D eigenvalue weighted by atomic mass is 10.1. The second-order valence-electron chi connectivity index (χ2n) is 4.73. The lowest BCUT2D eigenvalue weighted by molar-refractivity contribution is -0.122. The molecule has 0 unspecified atom stereocenters. The minimum absolute atomic E-state index is 0.128. The van der Waals surface area contributed by atoms with Crippen molar-refractivity contribution >= 4 is 11.6 Å². The van der Waals surface area contributed by atoms with Gasteiger partial charge in [0.15, 0.2) is 0 Å². The standard InChI is InChI=1S/C14H21N3O2/c1-11(15)14(18)16-10-12-4-2-3-5-13(12)17-6-8-19-9-7-17/h2-5,11H,6-10,15H2,1H3,(H,16,18)/t11-/m1/s1. The third-order valence-corrected chi connectivity index (χ3v) is 3.21. The summed E-state index contributed by atoms with van der Waals surface area (Å²) in [4.78, 5) is 13.8. The van der Waals surface area contributed by atoms with Crippen LogP contribution in [0.4, 0.5) is 5.69 Å². The topological polar surface area (TPSA) is 67.6 Å². The summed E-state index contributed by atoms with van der Waals surface area (Å²) in [7, 11) is 0. The van der Waals surface area contributed by atoms with E-state index in [1.165, 1.54) is 0 Å². The van der Waals surface area contributed by atoms with Crippen LogP contribution >= 0.6 is 0 Å². The molecule has 3 N–H and O–H groups in total. The normalized spacial score (nSPS) is 17.1. The van der Waals surface area contributed by atoms with Crippen LogP contribution in [-0.2, 0) is 16.1 Å². The van der Waals surface area contributed by atoms with Crippen molar-refractivity contribution < 1.29 is 9.53 Å². The number of amides is 1. The molecular weight excluding hydrogens is 242 g/mol. The monoisotopic (exact) mass is 263 g/mol. The maximum absolute atomic E-state index is 11.5. The van der Waals surface area contributed by atoms with E-state index in [2.05, 4.69) is 16.3 Å². The molecule has 5 heteroatoms. The summed E-state index contributed by atoms with van der Waals surface area (Å²) in [6.07, 6.45) is 0. The van der Waals surface area contributed by atoms with E-state index in [9.17, 15) is 4.79 Å². The number of para-hydroxylation sites is 1. The lowest BCUT2D eigenvalue weighted by Crippen LogP contribution is -2.39. The second kappa shape index (κ2) is 6.54. The number of nitrogens with one attached hydrogen (secondary N) is 1. The number of morpholine rings is 1. The number of nitrogens with zero attached hydrogens (tertiary/aromatic N) is 1. The fourth-order valence-electron chi connectivity index (χ4n) is 2.12. The number of carbonyl (C=O) groups excluding carboxylic acids is 1. The zero-order chi connectivity index (χ0) is 13.7. The van der Waals surface area contributed by atoms with Crippen molar-refractivity contribution in [2.75, 3.05) is 31.2 Å². The summed E-state index contributed by atoms with van der Waals surface area (Å²) in [5, 5.41) is 2.86. The largest absolute Gasteiger partial charge is 0.378 e. The Hall–Kier alpha value is -1.59. The second-order valence-corrected chi connectivity index (χ2v) is 4.73. The van der Waals surface area contributed by atoms with Crippen molar-refractivity contribution in [2.24, 2.45) is 5.73 Å². The molecule has 1 fully saturated rings. The van der Waals surface area contributed by atoms with Gasteiger partial charge in [-0.05, 0) is 18.6 Å². The van der Waals surface area contributed by atoms with Gasteiger partial charge in [0.05, 0.1) is 19.3 Å². The van der Waals surface area contributed by atoms with Crippen LogP contribution in [-0.4, -0.2) is 38.3 Å². The molecule has 0 saturated carbocycles. The van der Waals surface area contributed by atoms with Crippen molar-refractivity contribution in [2.45, 2.75) is 19.5 Å². The number of nitrogens with two attached hydrogens (primary N) is 1. The molecule has 104 valence electrons. The van der Waals surface area contributed by atoms with Gasteiger partial charge in [-0.15, -0.1) is 0 Å². The molecule has 1 heterocycles. The van der Waals surface area contributed by atoms with Gasteiger partial charge in [0, 0.05) is 25.3 Å². The Labute approximate surface area is 113 Å². The molecule has 5 nitrogen and oxygen atoms in total. The molecule has 1 aliphatic rings. The van der Waals surface area contributed by atoms with Gasteiger partial charge in [-0.2, -0.15) is 0 Å². The smallest absolute Gasteiger partial charge is 0.236 e. The molecule has 0 radical (unpaired) electrons. The molecular formula is C14H21N3O2. The average Bonchev–Trinajstić information content (AvgIpc) is 2.46. The van der Waals surface area contributed by atoms with Crippen LogP contribution in [0.15, 0.2) is 24.3 Å². The van der Waals surface area contributed by atoms with E-state index in [1.54, 1.807) is 6.92 Å². The van der Waals surface area contributed by atoms with E-state index in [1.807, 2.05) is 18.2 Å². The molecule has 19 heavy (non-hydrogen) atoms. The molecule has 1 aliphatic heterocycles. The molecule has 0 spiro atoms. The number of hydrogen-bond donors (Lipinski definition) is 2. The van der Waals surface area contributed by atoms with Gasteiger partial charge in [-0.25, -0.2) is 0 Å². The van der Waals surface area contributed by atoms with E-state index < -0.39 is 6.04 Å². The summed E-state index contributed by atoms with van der Waals surface area (Å²) in [5.41, 5.74) is 7.81. The third-order valence-electron chi connectivity index (χ3n) is 3.21. The summed E-state index contributed by atoms with van der Waals surface area (Å²) in [6.45, 7) is 5.47. The molecule has 1 aromatic carbocycles. The van der Waals surface area contributed by atoms with Crippen molar-refractivity contribution in [1.82, 2.24) is 5.32 Å². The molecule has 0 bridgehead atoms. The van der Waals surface area contributed by atoms with Gasteiger partial charge < -0.3 is 20.7 Å². The van der Waals surface area contributed by atoms with Gasteiger partial charge in [-0.1, -0.05) is 18.2 Å². The number of rotatable bonds is 4. The van der Waals surface area contributed by atoms with E-state index in [0.29, 0.717) is 6.54 Å². The highest BCUT2D eigenvalue weighted by Gasteiger charge is 2.15. The SMILES string of the molecule is C[C@@H](N)C(=O)NCc1ccccc1N1CCOCC1. The van der Waals surface area contributed by atoms with E-state index >= 15 is 0 Å². The highest BCUT2D eigenvalue weighted by Crippen LogP contribution is 2.21. The first-order valence-electron chi connectivity index (χ1n) is 6.62. The first kappa shape index (κ1) is 13.8. The average molecular weight is 263 g/mol. The zero-order valence-corrected chi connectivity index (χ0v) is 11.3. The number of anilines is 1. The quantitative estimate of drug-likeness (QED) is 0.829. The molecule has 2 rings (SSSR count). The molecule has 1 amide bonds. The van der Waals surface area contributed by atoms with Gasteiger partial charge >= 0.3 is 0 Å². The van der Waals surface area contributed by atoms with E-state index in [0.717, 1.165) is 37.6 Å². The van der Waals surface area contributed by atoms with E-state index in [-0.39, 0.29) is 5.91 Å². The van der Waals surface area contributed by atoms with Crippen LogP contribution in [0.3, 0.4) is 0 Å². The predicted octanol–water partition coefficient (Wildman–Crippen LogP) is 0.487. The molecule has 0 aliphatic carbocycles. The maximum Gasteiger partial charge on any atom is 0.236 e. The van der Waals surface area contributed by atoms with Crippen molar-refractivity contribution in [3.63, 3.8) is 0 Å². The minimum atomic E-state index is -0.476. The fraction of sp³-hybridized carbons (Fsp3) is 0.500. The summed E-state index contributed by atoms with van der Waals surface area (Å²) in [5.74, 6) is -0.128. The first-order chi connectivity index (χ1) is 9.18. The van der Waals surface area contributed by atoms with Gasteiger partial charge in [-0.3, -0.25) is 4.79 Å². The van der Waals surface area contributed by atoms with Gasteiger partial charge in [0.25, 0.3) is 0 Å². The Kier molecular flexibility index (Phi) is 4.76. The van der Waals surface area contributed by atoms with Crippen LogP contribution in [0.25, 0.3) is 0 Å². The Morgan fingerprint density at radius 3 is 2.79 bits per heavy atom. The summed E-state index contributed by atoms with van der Waals surface area (Å²) in [6, 6.07) is 7.64. The third kappa shape index (κ3) is 3.68. The highest BCUT2D eigenvalue weighted by molar-refractivity contribution is 5.81. The van der Waals surface area contributed by atoms with Gasteiger partial charge in [0.2, 0.25) is 5.91 Å². The Balaban J connectivity index is 2.05. The van der Waals surface area contributed by atoms with Crippen LogP contribution < -0.4 is 16.0 Å². The number of carbonyl (C=O) groups is 1. The Morgan fingerprint density at radius 2 is 2.11 bits per heavy atom. The minimum Gasteiger partial charge on any atom is -0.378 e. The highest BCUT2D eigenvalue weighted by atomic mass is 16.5. The Bertz CT molecular complexity index is 428. The van der Waals surface area contributed by atoms with Crippen LogP contribution in [0, 0.1) is 0 Å². The van der Waals surface area contributed by atoms with Crippen LogP contribution in [0.2, 0.25) is 0 Å². The molecule has 1 atom stereocenters. The Morgan fingerprint density at radius 1 is 1.42 bits per heavy atom. The fourth-order valence-corrected chi connectivity index (χ4v) is 2.12. The first-order valence-corrected chi connectivity index (χ1v) is 6.62. The lowest BCUT2D eigenvalue weighted by Gasteiger charge is -2.30. The van der Waals surface area contributed by atoms with Gasteiger partial charge in [0.1, 0.15) is 0 Å². The predicted molar refractivity (Wildman–Crippen MR) is 75.0 cm³/mol. The number of ether oxygens (including phenoxy) is 1. The molecule has 1 aromatic rings. The van der Waals surface area contributed by atoms with E-state index in [4.69, 9.17) is 10.5 Å². The molecule has 0 aromatic heterocycles. The number of benzene rings is 1.